The highest BCUT2D eigenvalue weighted by Crippen LogP contribution is 2.22. The van der Waals surface area contributed by atoms with E-state index >= 15 is 0 Å². The average Bonchev–Trinajstić information content (AvgIpc) is 2.77. The lowest BCUT2D eigenvalue weighted by atomic mass is 10.1. The van der Waals surface area contributed by atoms with Crippen LogP contribution in [0.5, 0.6) is 0 Å². The molecule has 0 bridgehead atoms. The molecule has 5 heteroatoms. The van der Waals surface area contributed by atoms with E-state index in [-0.39, 0.29) is 11.8 Å². The monoisotopic (exact) mass is 255 g/mol. The van der Waals surface area contributed by atoms with Crippen molar-refractivity contribution >= 4 is 27.7 Å². The summed E-state index contributed by atoms with van der Waals surface area (Å²) in [4.78, 5) is 11.6. The standard InChI is InChI=1S/C9H10BrN3O/c10-7-5-11-13-8(7)12-9(14)6-3-1-2-4-6/h1-2,5-6H,3-4H2,(H2,11,12,13,14). The smallest absolute Gasteiger partial charge is 0.229 e. The lowest BCUT2D eigenvalue weighted by molar-refractivity contribution is -0.119. The summed E-state index contributed by atoms with van der Waals surface area (Å²) in [5.74, 6) is 0.743. The molecule has 0 radical (unpaired) electrons. The molecule has 0 saturated heterocycles. The lowest BCUT2D eigenvalue weighted by Gasteiger charge is -2.08. The van der Waals surface area contributed by atoms with E-state index in [1.807, 2.05) is 12.2 Å². The summed E-state index contributed by atoms with van der Waals surface area (Å²) in [5, 5.41) is 9.30. The van der Waals surface area contributed by atoms with Crippen molar-refractivity contribution in [2.75, 3.05) is 5.32 Å². The fourth-order valence-corrected chi connectivity index (χ4v) is 1.71. The zero-order valence-corrected chi connectivity index (χ0v) is 9.04. The second-order valence-corrected chi connectivity index (χ2v) is 4.08. The Bertz CT molecular complexity index is 364. The molecule has 0 fully saturated rings. The fraction of sp³-hybridized carbons (Fsp3) is 0.333. The minimum atomic E-state index is 0.0416. The molecule has 0 aromatic carbocycles. The van der Waals surface area contributed by atoms with Crippen LogP contribution in [0.3, 0.4) is 0 Å². The molecule has 2 rings (SSSR count). The Hall–Kier alpha value is -1.10. The lowest BCUT2D eigenvalue weighted by Crippen LogP contribution is -2.20. The SMILES string of the molecule is O=C(Nc1[nH]ncc1Br)C1CC=CC1. The number of aromatic nitrogens is 2. The normalized spacial score (nSPS) is 16.1. The van der Waals surface area contributed by atoms with Gasteiger partial charge in [0, 0.05) is 5.92 Å². The summed E-state index contributed by atoms with van der Waals surface area (Å²) in [6, 6.07) is 0. The zero-order valence-electron chi connectivity index (χ0n) is 7.46. The van der Waals surface area contributed by atoms with Crippen LogP contribution in [0.4, 0.5) is 5.82 Å². The van der Waals surface area contributed by atoms with Gasteiger partial charge >= 0.3 is 0 Å². The van der Waals surface area contributed by atoms with Crippen molar-refractivity contribution in [3.63, 3.8) is 0 Å². The molecule has 1 aliphatic rings. The van der Waals surface area contributed by atoms with Gasteiger partial charge in [-0.3, -0.25) is 9.89 Å². The van der Waals surface area contributed by atoms with E-state index in [4.69, 9.17) is 0 Å². The topological polar surface area (TPSA) is 57.8 Å². The van der Waals surface area contributed by atoms with Gasteiger partial charge in [0.25, 0.3) is 0 Å². The summed E-state index contributed by atoms with van der Waals surface area (Å²) >= 11 is 3.28. The Morgan fingerprint density at radius 3 is 2.86 bits per heavy atom. The Morgan fingerprint density at radius 2 is 2.29 bits per heavy atom. The molecule has 1 aliphatic carbocycles. The number of halogens is 1. The van der Waals surface area contributed by atoms with Gasteiger partial charge in [0.1, 0.15) is 5.82 Å². The van der Waals surface area contributed by atoms with Crippen molar-refractivity contribution in [2.45, 2.75) is 12.8 Å². The number of carbonyl (C=O) groups excluding carboxylic acids is 1. The molecule has 1 aromatic heterocycles. The van der Waals surface area contributed by atoms with Gasteiger partial charge in [-0.1, -0.05) is 12.2 Å². The molecular formula is C9H10BrN3O. The van der Waals surface area contributed by atoms with Crippen LogP contribution in [0, 0.1) is 5.92 Å². The molecule has 0 atom stereocenters. The first-order chi connectivity index (χ1) is 6.77. The molecule has 2 N–H and O–H groups in total. The number of hydrogen-bond donors (Lipinski definition) is 2. The molecule has 1 heterocycles. The number of nitrogens with zero attached hydrogens (tertiary/aromatic N) is 1. The van der Waals surface area contributed by atoms with Gasteiger partial charge < -0.3 is 5.32 Å². The molecule has 0 aliphatic heterocycles. The van der Waals surface area contributed by atoms with Crippen molar-refractivity contribution in [2.24, 2.45) is 5.92 Å². The third-order valence-corrected chi connectivity index (χ3v) is 2.82. The van der Waals surface area contributed by atoms with E-state index in [0.29, 0.717) is 5.82 Å². The van der Waals surface area contributed by atoms with Gasteiger partial charge in [-0.2, -0.15) is 5.10 Å². The maximum absolute atomic E-state index is 11.6. The minimum Gasteiger partial charge on any atom is -0.310 e. The second kappa shape index (κ2) is 3.96. The van der Waals surface area contributed by atoms with Crippen molar-refractivity contribution in [3.05, 3.63) is 22.8 Å². The largest absolute Gasteiger partial charge is 0.310 e. The van der Waals surface area contributed by atoms with E-state index < -0.39 is 0 Å². The van der Waals surface area contributed by atoms with Crippen LogP contribution in [0.25, 0.3) is 0 Å². The fourth-order valence-electron chi connectivity index (χ4n) is 1.42. The molecule has 4 nitrogen and oxygen atoms in total. The number of anilines is 1. The first-order valence-corrected chi connectivity index (χ1v) is 5.21. The number of nitrogens with one attached hydrogen (secondary N) is 2. The Kier molecular flexibility index (Phi) is 2.67. The molecule has 0 unspecified atom stereocenters. The number of rotatable bonds is 2. The Labute approximate surface area is 89.9 Å². The van der Waals surface area contributed by atoms with E-state index in [9.17, 15) is 4.79 Å². The quantitative estimate of drug-likeness (QED) is 0.796. The maximum Gasteiger partial charge on any atom is 0.229 e. The summed E-state index contributed by atoms with van der Waals surface area (Å²) in [6.45, 7) is 0. The molecule has 0 spiro atoms. The molecule has 14 heavy (non-hydrogen) atoms. The van der Waals surface area contributed by atoms with Crippen molar-refractivity contribution in [3.8, 4) is 0 Å². The summed E-state index contributed by atoms with van der Waals surface area (Å²) in [7, 11) is 0. The van der Waals surface area contributed by atoms with Crippen LogP contribution in [0.2, 0.25) is 0 Å². The Morgan fingerprint density at radius 1 is 1.57 bits per heavy atom. The van der Waals surface area contributed by atoms with E-state index in [0.717, 1.165) is 17.3 Å². The van der Waals surface area contributed by atoms with Gasteiger partial charge in [-0.15, -0.1) is 0 Å². The van der Waals surface area contributed by atoms with Crippen LogP contribution in [-0.2, 0) is 4.79 Å². The molecule has 1 aromatic rings. The van der Waals surface area contributed by atoms with Crippen LogP contribution in [0.1, 0.15) is 12.8 Å². The highest BCUT2D eigenvalue weighted by molar-refractivity contribution is 9.10. The predicted octanol–water partition coefficient (Wildman–Crippen LogP) is 2.08. The van der Waals surface area contributed by atoms with Crippen molar-refractivity contribution in [1.29, 1.82) is 0 Å². The molecular weight excluding hydrogens is 246 g/mol. The highest BCUT2D eigenvalue weighted by Gasteiger charge is 2.20. The summed E-state index contributed by atoms with van der Waals surface area (Å²) < 4.78 is 0.775. The van der Waals surface area contributed by atoms with E-state index in [1.54, 1.807) is 6.20 Å². The molecule has 1 amide bonds. The van der Waals surface area contributed by atoms with Gasteiger partial charge in [-0.05, 0) is 28.8 Å². The van der Waals surface area contributed by atoms with Gasteiger partial charge in [0.15, 0.2) is 0 Å². The van der Waals surface area contributed by atoms with Crippen molar-refractivity contribution in [1.82, 2.24) is 10.2 Å². The number of carbonyl (C=O) groups is 1. The number of allylic oxidation sites excluding steroid dienone is 2. The first-order valence-electron chi connectivity index (χ1n) is 4.42. The van der Waals surface area contributed by atoms with Crippen LogP contribution >= 0.6 is 15.9 Å². The van der Waals surface area contributed by atoms with E-state index in [2.05, 4.69) is 31.4 Å². The zero-order chi connectivity index (χ0) is 9.97. The van der Waals surface area contributed by atoms with Crippen LogP contribution in [-0.4, -0.2) is 16.1 Å². The summed E-state index contributed by atoms with van der Waals surface area (Å²) in [5.41, 5.74) is 0. The Balaban J connectivity index is 1.98. The number of H-pyrrole nitrogens is 1. The third-order valence-electron chi connectivity index (χ3n) is 2.22. The third kappa shape index (κ3) is 1.87. The van der Waals surface area contributed by atoms with Crippen LogP contribution < -0.4 is 5.32 Å². The van der Waals surface area contributed by atoms with Gasteiger partial charge in [0.05, 0.1) is 10.7 Å². The van der Waals surface area contributed by atoms with Gasteiger partial charge in [-0.25, -0.2) is 0 Å². The number of hydrogen-bond acceptors (Lipinski definition) is 2. The second-order valence-electron chi connectivity index (χ2n) is 3.22. The number of aromatic amines is 1. The average molecular weight is 256 g/mol. The van der Waals surface area contributed by atoms with Gasteiger partial charge in [0.2, 0.25) is 5.91 Å². The highest BCUT2D eigenvalue weighted by atomic mass is 79.9. The number of amides is 1. The first kappa shape index (κ1) is 9.45. The minimum absolute atomic E-state index is 0.0416. The predicted molar refractivity (Wildman–Crippen MR) is 56.8 cm³/mol. The maximum atomic E-state index is 11.6. The molecule has 0 saturated carbocycles. The molecule has 74 valence electrons. The van der Waals surface area contributed by atoms with Crippen molar-refractivity contribution < 1.29 is 4.79 Å². The van der Waals surface area contributed by atoms with Crippen LogP contribution in [0.15, 0.2) is 22.8 Å². The summed E-state index contributed by atoms with van der Waals surface area (Å²) in [6.07, 6.45) is 7.34. The van der Waals surface area contributed by atoms with E-state index in [1.165, 1.54) is 0 Å².